The highest BCUT2D eigenvalue weighted by Gasteiger charge is 2.25. The molecule has 0 bridgehead atoms. The molecule has 0 saturated heterocycles. The Balaban J connectivity index is 2.18. The first-order chi connectivity index (χ1) is 8.16. The maximum atomic E-state index is 9.86. The van der Waals surface area contributed by atoms with Gasteiger partial charge in [-0.3, -0.25) is 4.90 Å². The average Bonchev–Trinajstić information content (AvgIpc) is 2.80. The summed E-state index contributed by atoms with van der Waals surface area (Å²) in [6.45, 7) is 1.61. The van der Waals surface area contributed by atoms with Gasteiger partial charge < -0.3 is 10.8 Å². The number of phenolic OH excluding ortho intramolecular Hbond substituents is 1. The Hall–Kier alpha value is -2.01. The SMILES string of the molecule is CN1Cc2c(N)nn(-c3ccccc3O)c2C1. The number of benzene rings is 1. The van der Waals surface area contributed by atoms with Crippen molar-refractivity contribution in [2.45, 2.75) is 13.1 Å². The van der Waals surface area contributed by atoms with Crippen LogP contribution in [-0.2, 0) is 13.1 Å². The number of aromatic hydroxyl groups is 1. The van der Waals surface area contributed by atoms with Gasteiger partial charge in [-0.05, 0) is 19.2 Å². The highest BCUT2D eigenvalue weighted by Crippen LogP contribution is 2.31. The summed E-state index contributed by atoms with van der Waals surface area (Å²) in [5, 5.41) is 14.2. The van der Waals surface area contributed by atoms with Gasteiger partial charge in [0.05, 0.1) is 5.69 Å². The second-order valence-corrected chi connectivity index (χ2v) is 4.38. The third kappa shape index (κ3) is 1.47. The fraction of sp³-hybridized carbons (Fsp3) is 0.250. The maximum absolute atomic E-state index is 9.86. The molecule has 1 aromatic heterocycles. The molecule has 88 valence electrons. The van der Waals surface area contributed by atoms with E-state index in [0.29, 0.717) is 11.5 Å². The van der Waals surface area contributed by atoms with Crippen LogP contribution in [0.2, 0.25) is 0 Å². The molecule has 3 N–H and O–H groups in total. The first-order valence-electron chi connectivity index (χ1n) is 5.50. The molecule has 0 unspecified atom stereocenters. The number of aromatic nitrogens is 2. The standard InChI is InChI=1S/C12H14N4O/c1-15-6-8-10(7-15)16(14-12(8)13)9-4-2-3-5-11(9)17/h2-5,17H,6-7H2,1H3,(H2,13,14). The van der Waals surface area contributed by atoms with Crippen molar-refractivity contribution >= 4 is 5.82 Å². The second-order valence-electron chi connectivity index (χ2n) is 4.38. The summed E-state index contributed by atoms with van der Waals surface area (Å²) >= 11 is 0. The molecule has 5 nitrogen and oxygen atoms in total. The molecule has 0 spiro atoms. The number of fused-ring (bicyclic) bond motifs is 1. The van der Waals surface area contributed by atoms with Crippen LogP contribution in [0.4, 0.5) is 5.82 Å². The summed E-state index contributed by atoms with van der Waals surface area (Å²) in [7, 11) is 2.04. The Bertz CT molecular complexity index is 576. The summed E-state index contributed by atoms with van der Waals surface area (Å²) in [5.41, 5.74) is 8.71. The lowest BCUT2D eigenvalue weighted by Gasteiger charge is -2.09. The van der Waals surface area contributed by atoms with Gasteiger partial charge in [0, 0.05) is 18.7 Å². The van der Waals surface area contributed by atoms with Crippen LogP contribution in [0.3, 0.4) is 0 Å². The number of rotatable bonds is 1. The maximum Gasteiger partial charge on any atom is 0.150 e. The smallest absolute Gasteiger partial charge is 0.150 e. The number of nitrogens with zero attached hydrogens (tertiary/aromatic N) is 3. The highest BCUT2D eigenvalue weighted by atomic mass is 16.3. The number of hydrogen-bond acceptors (Lipinski definition) is 4. The minimum atomic E-state index is 0.215. The van der Waals surface area contributed by atoms with Crippen LogP contribution in [0.5, 0.6) is 5.75 Å². The predicted molar refractivity (Wildman–Crippen MR) is 64.8 cm³/mol. The summed E-state index contributed by atoms with van der Waals surface area (Å²) < 4.78 is 1.74. The van der Waals surface area contributed by atoms with Gasteiger partial charge in [0.1, 0.15) is 11.4 Å². The molecule has 17 heavy (non-hydrogen) atoms. The number of nitrogens with two attached hydrogens (primary N) is 1. The molecular weight excluding hydrogens is 216 g/mol. The van der Waals surface area contributed by atoms with Crippen molar-refractivity contribution in [2.24, 2.45) is 0 Å². The number of phenols is 1. The van der Waals surface area contributed by atoms with Gasteiger partial charge >= 0.3 is 0 Å². The number of anilines is 1. The van der Waals surface area contributed by atoms with Gasteiger partial charge in [-0.2, -0.15) is 0 Å². The van der Waals surface area contributed by atoms with E-state index in [1.165, 1.54) is 0 Å². The Morgan fingerprint density at radius 2 is 2.06 bits per heavy atom. The summed E-state index contributed by atoms with van der Waals surface area (Å²) in [6.07, 6.45) is 0. The molecule has 0 aliphatic carbocycles. The molecule has 0 fully saturated rings. The molecule has 0 saturated carbocycles. The van der Waals surface area contributed by atoms with Gasteiger partial charge in [0.2, 0.25) is 0 Å². The summed E-state index contributed by atoms with van der Waals surface area (Å²) in [5.74, 6) is 0.764. The van der Waals surface area contributed by atoms with Crippen LogP contribution in [-0.4, -0.2) is 26.8 Å². The monoisotopic (exact) mass is 230 g/mol. The Morgan fingerprint density at radius 3 is 2.82 bits per heavy atom. The molecule has 3 rings (SSSR count). The van der Waals surface area contributed by atoms with Crippen molar-refractivity contribution in [3.63, 3.8) is 0 Å². The number of para-hydroxylation sites is 2. The van der Waals surface area contributed by atoms with Gasteiger partial charge in [-0.1, -0.05) is 12.1 Å². The van der Waals surface area contributed by atoms with Crippen molar-refractivity contribution in [1.82, 2.24) is 14.7 Å². The van der Waals surface area contributed by atoms with Crippen molar-refractivity contribution in [2.75, 3.05) is 12.8 Å². The largest absolute Gasteiger partial charge is 0.506 e. The average molecular weight is 230 g/mol. The summed E-state index contributed by atoms with van der Waals surface area (Å²) in [6, 6.07) is 7.15. The van der Waals surface area contributed by atoms with E-state index < -0.39 is 0 Å². The molecule has 2 aromatic rings. The minimum absolute atomic E-state index is 0.215. The molecule has 1 aliphatic rings. The predicted octanol–water partition coefficient (Wildman–Crippen LogP) is 1.11. The van der Waals surface area contributed by atoms with Crippen LogP contribution < -0.4 is 5.73 Å². The van der Waals surface area contributed by atoms with Crippen LogP contribution >= 0.6 is 0 Å². The van der Waals surface area contributed by atoms with Crippen LogP contribution in [0.15, 0.2) is 24.3 Å². The zero-order chi connectivity index (χ0) is 12.0. The molecule has 0 radical (unpaired) electrons. The van der Waals surface area contributed by atoms with E-state index in [1.54, 1.807) is 16.8 Å². The zero-order valence-electron chi connectivity index (χ0n) is 9.59. The quantitative estimate of drug-likeness (QED) is 0.770. The van der Waals surface area contributed by atoms with Crippen molar-refractivity contribution in [1.29, 1.82) is 0 Å². The van der Waals surface area contributed by atoms with Gasteiger partial charge in [0.15, 0.2) is 5.82 Å². The van der Waals surface area contributed by atoms with E-state index in [9.17, 15) is 5.11 Å². The first kappa shape index (κ1) is 10.2. The lowest BCUT2D eigenvalue weighted by Crippen LogP contribution is -2.12. The molecule has 1 aliphatic heterocycles. The van der Waals surface area contributed by atoms with E-state index in [1.807, 2.05) is 19.2 Å². The molecule has 1 aromatic carbocycles. The second kappa shape index (κ2) is 3.49. The van der Waals surface area contributed by atoms with Crippen molar-refractivity contribution in [3.05, 3.63) is 35.5 Å². The topological polar surface area (TPSA) is 67.3 Å². The van der Waals surface area contributed by atoms with Gasteiger partial charge in [-0.15, -0.1) is 5.10 Å². The van der Waals surface area contributed by atoms with Crippen LogP contribution in [0, 0.1) is 0 Å². The fourth-order valence-electron chi connectivity index (χ4n) is 2.26. The molecule has 0 amide bonds. The van der Waals surface area contributed by atoms with E-state index in [0.717, 1.165) is 24.3 Å². The Morgan fingerprint density at radius 1 is 1.29 bits per heavy atom. The number of nitrogen functional groups attached to an aromatic ring is 1. The van der Waals surface area contributed by atoms with E-state index >= 15 is 0 Å². The molecule has 0 atom stereocenters. The third-order valence-electron chi connectivity index (χ3n) is 3.08. The van der Waals surface area contributed by atoms with Gasteiger partial charge in [0.25, 0.3) is 0 Å². The Kier molecular flexibility index (Phi) is 2.09. The first-order valence-corrected chi connectivity index (χ1v) is 5.50. The number of hydrogen-bond donors (Lipinski definition) is 2. The fourth-order valence-corrected chi connectivity index (χ4v) is 2.26. The van der Waals surface area contributed by atoms with Crippen molar-refractivity contribution in [3.8, 4) is 11.4 Å². The molecule has 5 heteroatoms. The van der Waals surface area contributed by atoms with Crippen LogP contribution in [0.25, 0.3) is 5.69 Å². The van der Waals surface area contributed by atoms with E-state index in [2.05, 4.69) is 10.00 Å². The van der Waals surface area contributed by atoms with Crippen molar-refractivity contribution < 1.29 is 5.11 Å². The lowest BCUT2D eigenvalue weighted by atomic mass is 10.2. The van der Waals surface area contributed by atoms with E-state index in [-0.39, 0.29) is 5.75 Å². The third-order valence-corrected chi connectivity index (χ3v) is 3.08. The van der Waals surface area contributed by atoms with Crippen LogP contribution in [0.1, 0.15) is 11.3 Å². The van der Waals surface area contributed by atoms with E-state index in [4.69, 9.17) is 5.73 Å². The normalized spacial score (nSPS) is 15.1. The van der Waals surface area contributed by atoms with Gasteiger partial charge in [-0.25, -0.2) is 4.68 Å². The molecular formula is C12H14N4O. The lowest BCUT2D eigenvalue weighted by molar-refractivity contribution is 0.346. The minimum Gasteiger partial charge on any atom is -0.506 e. The zero-order valence-corrected chi connectivity index (χ0v) is 9.59. The molecule has 2 heterocycles. The highest BCUT2D eigenvalue weighted by molar-refractivity contribution is 5.52. The Labute approximate surface area is 99.1 Å². The summed E-state index contributed by atoms with van der Waals surface area (Å²) in [4.78, 5) is 2.17.